The molecule has 1 aliphatic heterocycles. The van der Waals surface area contributed by atoms with Crippen molar-refractivity contribution in [1.29, 1.82) is 0 Å². The van der Waals surface area contributed by atoms with Crippen LogP contribution in [0.2, 0.25) is 0 Å². The Hall–Kier alpha value is -6.51. The molecule has 0 saturated heterocycles. The van der Waals surface area contributed by atoms with E-state index in [9.17, 15) is 44.2 Å². The molecule has 0 radical (unpaired) electrons. The summed E-state index contributed by atoms with van der Waals surface area (Å²) in [6.45, 7) is -0.888. The van der Waals surface area contributed by atoms with Crippen LogP contribution in [0.4, 0.5) is 11.4 Å². The lowest BCUT2D eigenvalue weighted by atomic mass is 10.1. The molecular weight excluding hydrogens is 568 g/mol. The maximum atomic E-state index is 13.6. The first-order valence-corrected chi connectivity index (χ1v) is 12.2. The van der Waals surface area contributed by atoms with Crippen LogP contribution in [0.15, 0.2) is 89.5 Å². The van der Waals surface area contributed by atoms with Crippen LogP contribution in [0.5, 0.6) is 5.75 Å². The van der Waals surface area contributed by atoms with Gasteiger partial charge in [-0.05, 0) is 54.6 Å². The molecule has 1 aromatic heterocycles. The number of hydrogen-bond donors (Lipinski definition) is 0. The van der Waals surface area contributed by atoms with E-state index in [2.05, 4.69) is 0 Å². The van der Waals surface area contributed by atoms with Gasteiger partial charge in [0.2, 0.25) is 5.76 Å². The van der Waals surface area contributed by atoms with Crippen LogP contribution in [0.25, 0.3) is 0 Å². The van der Waals surface area contributed by atoms with E-state index in [4.69, 9.17) is 9.15 Å². The SMILES string of the molecule is O=C(CN(C(=O)c1ccc([N+](=O)[O-])cc1)N1C(=O)c2cccc([N+](=O)[O-])c2C1=O)c1ccc(OC(=O)c2ccco2)cc1. The highest BCUT2D eigenvalue weighted by molar-refractivity contribution is 6.24. The second-order valence-corrected chi connectivity index (χ2v) is 8.86. The van der Waals surface area contributed by atoms with Gasteiger partial charge >= 0.3 is 5.97 Å². The first-order valence-electron chi connectivity index (χ1n) is 12.2. The number of nitrogens with zero attached hydrogens (tertiary/aromatic N) is 4. The lowest BCUT2D eigenvalue weighted by Gasteiger charge is -2.29. The van der Waals surface area contributed by atoms with Crippen molar-refractivity contribution < 1.29 is 43.0 Å². The van der Waals surface area contributed by atoms with Gasteiger partial charge in [0.25, 0.3) is 29.1 Å². The van der Waals surface area contributed by atoms with E-state index in [1.807, 2.05) is 0 Å². The summed E-state index contributed by atoms with van der Waals surface area (Å²) in [4.78, 5) is 86.7. The highest BCUT2D eigenvalue weighted by atomic mass is 16.6. The minimum absolute atomic E-state index is 0.0121. The van der Waals surface area contributed by atoms with E-state index in [-0.39, 0.29) is 33.9 Å². The van der Waals surface area contributed by atoms with Gasteiger partial charge in [-0.15, -0.1) is 0 Å². The lowest BCUT2D eigenvalue weighted by Crippen LogP contribution is -2.51. The number of non-ortho nitro benzene ring substituents is 1. The summed E-state index contributed by atoms with van der Waals surface area (Å²) >= 11 is 0. The molecule has 15 heteroatoms. The molecule has 0 unspecified atom stereocenters. The second-order valence-electron chi connectivity index (χ2n) is 8.86. The van der Waals surface area contributed by atoms with Gasteiger partial charge in [-0.3, -0.25) is 39.4 Å². The molecule has 2 heterocycles. The zero-order valence-electron chi connectivity index (χ0n) is 21.6. The molecule has 0 fully saturated rings. The number of nitro groups is 2. The number of furan rings is 1. The van der Waals surface area contributed by atoms with E-state index >= 15 is 0 Å². The average Bonchev–Trinajstić information content (AvgIpc) is 3.63. The molecule has 4 aromatic rings. The van der Waals surface area contributed by atoms with Crippen LogP contribution in [0.3, 0.4) is 0 Å². The average molecular weight is 584 g/mol. The highest BCUT2D eigenvalue weighted by Crippen LogP contribution is 2.32. The number of hydrogen-bond acceptors (Lipinski definition) is 11. The van der Waals surface area contributed by atoms with Crippen LogP contribution < -0.4 is 4.74 Å². The largest absolute Gasteiger partial charge is 0.457 e. The van der Waals surface area contributed by atoms with Crippen LogP contribution in [-0.4, -0.2) is 55.9 Å². The summed E-state index contributed by atoms with van der Waals surface area (Å²) in [6.07, 6.45) is 1.29. The second kappa shape index (κ2) is 11.2. The predicted octanol–water partition coefficient (Wildman–Crippen LogP) is 3.85. The summed E-state index contributed by atoms with van der Waals surface area (Å²) in [7, 11) is 0. The molecule has 5 rings (SSSR count). The highest BCUT2D eigenvalue weighted by Gasteiger charge is 2.46. The van der Waals surface area contributed by atoms with Crippen molar-refractivity contribution in [2.45, 2.75) is 0 Å². The molecule has 1 aliphatic rings. The van der Waals surface area contributed by atoms with Gasteiger partial charge in [-0.25, -0.2) is 9.80 Å². The third-order valence-electron chi connectivity index (χ3n) is 6.27. The van der Waals surface area contributed by atoms with Crippen molar-refractivity contribution >= 4 is 40.8 Å². The molecule has 0 N–H and O–H groups in total. The van der Waals surface area contributed by atoms with Gasteiger partial charge < -0.3 is 9.15 Å². The van der Waals surface area contributed by atoms with Crippen molar-refractivity contribution in [3.05, 3.63) is 133 Å². The zero-order valence-corrected chi connectivity index (χ0v) is 21.6. The van der Waals surface area contributed by atoms with E-state index < -0.39 is 57.1 Å². The number of imide groups is 1. The number of ketones is 1. The van der Waals surface area contributed by atoms with Gasteiger partial charge in [0.1, 0.15) is 17.9 Å². The van der Waals surface area contributed by atoms with Crippen molar-refractivity contribution in [2.24, 2.45) is 0 Å². The number of ether oxygens (including phenoxy) is 1. The van der Waals surface area contributed by atoms with Crippen LogP contribution >= 0.6 is 0 Å². The van der Waals surface area contributed by atoms with E-state index in [1.165, 1.54) is 54.8 Å². The quantitative estimate of drug-likeness (QED) is 0.0691. The predicted molar refractivity (Wildman–Crippen MR) is 142 cm³/mol. The maximum Gasteiger partial charge on any atom is 0.379 e. The van der Waals surface area contributed by atoms with Crippen molar-refractivity contribution in [2.75, 3.05) is 6.54 Å². The summed E-state index contributed by atoms with van der Waals surface area (Å²) < 4.78 is 10.1. The molecule has 0 atom stereocenters. The van der Waals surface area contributed by atoms with Gasteiger partial charge in [-0.2, -0.15) is 5.01 Å². The molecule has 0 aliphatic carbocycles. The minimum Gasteiger partial charge on any atom is -0.457 e. The number of amides is 3. The van der Waals surface area contributed by atoms with E-state index in [0.717, 1.165) is 30.3 Å². The zero-order chi connectivity index (χ0) is 30.8. The Morgan fingerprint density at radius 3 is 2.09 bits per heavy atom. The topological polar surface area (TPSA) is 200 Å². The van der Waals surface area contributed by atoms with Crippen molar-refractivity contribution in [3.63, 3.8) is 0 Å². The van der Waals surface area contributed by atoms with Crippen LogP contribution in [0, 0.1) is 20.2 Å². The molecule has 0 spiro atoms. The summed E-state index contributed by atoms with van der Waals surface area (Å²) in [5.41, 5.74) is -2.16. The van der Waals surface area contributed by atoms with Crippen molar-refractivity contribution in [3.8, 4) is 5.75 Å². The maximum absolute atomic E-state index is 13.6. The summed E-state index contributed by atoms with van der Waals surface area (Å²) in [6, 6.07) is 15.6. The molecule has 0 bridgehead atoms. The molecule has 3 amide bonds. The van der Waals surface area contributed by atoms with Gasteiger partial charge in [0.05, 0.1) is 21.7 Å². The number of nitro benzene ring substituents is 2. The van der Waals surface area contributed by atoms with E-state index in [0.29, 0.717) is 10.0 Å². The Morgan fingerprint density at radius 1 is 0.814 bits per heavy atom. The van der Waals surface area contributed by atoms with Crippen LogP contribution in [-0.2, 0) is 0 Å². The molecule has 43 heavy (non-hydrogen) atoms. The number of fused-ring (bicyclic) bond motifs is 1. The number of benzene rings is 3. The molecular formula is C28H16N4O11. The normalized spacial score (nSPS) is 12.0. The Balaban J connectivity index is 1.46. The number of carbonyl (C=O) groups excluding carboxylic acids is 5. The summed E-state index contributed by atoms with van der Waals surface area (Å²) in [5.74, 6) is -4.92. The molecule has 214 valence electrons. The number of esters is 1. The monoisotopic (exact) mass is 584 g/mol. The number of Topliss-reactive ketones (excluding diaryl/α,β-unsaturated/α-hetero) is 1. The number of hydrazine groups is 1. The standard InChI is InChI=1S/C28H16N4O11/c33-22(16-8-12-19(13-9-16)43-28(37)23-5-2-14-42-23)15-29(25(34)17-6-10-18(11-7-17)31(38)39)30-26(35)20-3-1-4-21(32(40)41)24(20)27(30)36/h1-14H,15H2. The van der Waals surface area contributed by atoms with E-state index in [1.54, 1.807) is 0 Å². The Labute approximate surface area is 239 Å². The third kappa shape index (κ3) is 5.32. The van der Waals surface area contributed by atoms with Gasteiger partial charge in [0, 0.05) is 29.3 Å². The van der Waals surface area contributed by atoms with Gasteiger partial charge in [-0.1, -0.05) is 6.07 Å². The summed E-state index contributed by atoms with van der Waals surface area (Å²) in [5, 5.41) is 23.5. The Kier molecular flexibility index (Phi) is 7.28. The number of carbonyl (C=O) groups is 5. The lowest BCUT2D eigenvalue weighted by molar-refractivity contribution is -0.385. The fourth-order valence-corrected chi connectivity index (χ4v) is 4.22. The molecule has 15 nitrogen and oxygen atoms in total. The molecule has 3 aromatic carbocycles. The fraction of sp³-hybridized carbons (Fsp3) is 0.0357. The van der Waals surface area contributed by atoms with Crippen molar-refractivity contribution in [1.82, 2.24) is 10.0 Å². The smallest absolute Gasteiger partial charge is 0.379 e. The first-order chi connectivity index (χ1) is 20.6. The minimum atomic E-state index is -1.21. The van der Waals surface area contributed by atoms with Gasteiger partial charge in [0.15, 0.2) is 5.78 Å². The molecule has 0 saturated carbocycles. The third-order valence-corrected chi connectivity index (χ3v) is 6.27. The fourth-order valence-electron chi connectivity index (χ4n) is 4.22. The Bertz CT molecular complexity index is 1810. The first kappa shape index (κ1) is 28.0. The Morgan fingerprint density at radius 2 is 1.49 bits per heavy atom. The van der Waals surface area contributed by atoms with Crippen LogP contribution in [0.1, 0.15) is 52.0 Å². The number of rotatable bonds is 9.